The maximum Gasteiger partial charge on any atom is 0.257 e. The Hall–Kier alpha value is -2.67. The summed E-state index contributed by atoms with van der Waals surface area (Å²) in [6.07, 6.45) is 1.56. The predicted molar refractivity (Wildman–Crippen MR) is 93.2 cm³/mol. The number of carbonyl (C=O) groups is 1. The molecule has 0 atom stereocenters. The number of benzene rings is 1. The molecule has 1 N–H and O–H groups in total. The Morgan fingerprint density at radius 2 is 2.08 bits per heavy atom. The topological polar surface area (TPSA) is 71.1 Å². The van der Waals surface area contributed by atoms with Crippen LogP contribution in [-0.4, -0.2) is 40.1 Å². The summed E-state index contributed by atoms with van der Waals surface area (Å²) >= 11 is 1.58. The van der Waals surface area contributed by atoms with Crippen LogP contribution in [0.1, 0.15) is 21.1 Å². The van der Waals surface area contributed by atoms with E-state index in [0.717, 1.165) is 22.0 Å². The molecule has 0 fully saturated rings. The molecule has 1 aromatic carbocycles. The number of nitrogens with zero attached hydrogens (tertiary/aromatic N) is 3. The van der Waals surface area contributed by atoms with Gasteiger partial charge in [0.15, 0.2) is 0 Å². The van der Waals surface area contributed by atoms with Crippen LogP contribution in [0, 0.1) is 6.92 Å². The number of aromatic amines is 1. The molecule has 0 saturated heterocycles. The molecule has 0 aliphatic carbocycles. The second-order valence-electron chi connectivity index (χ2n) is 5.41. The van der Waals surface area contributed by atoms with E-state index >= 15 is 0 Å². The molecule has 7 heteroatoms. The summed E-state index contributed by atoms with van der Waals surface area (Å²) in [5.74, 6) is 0.669. The van der Waals surface area contributed by atoms with Crippen molar-refractivity contribution in [3.05, 3.63) is 52.1 Å². The number of thiazole rings is 1. The lowest BCUT2D eigenvalue weighted by Crippen LogP contribution is -2.26. The van der Waals surface area contributed by atoms with Crippen molar-refractivity contribution in [3.8, 4) is 17.0 Å². The zero-order valence-corrected chi connectivity index (χ0v) is 14.6. The van der Waals surface area contributed by atoms with Crippen LogP contribution < -0.4 is 4.74 Å². The van der Waals surface area contributed by atoms with Gasteiger partial charge in [0.2, 0.25) is 0 Å². The molecule has 24 heavy (non-hydrogen) atoms. The zero-order valence-electron chi connectivity index (χ0n) is 13.7. The highest BCUT2D eigenvalue weighted by molar-refractivity contribution is 7.09. The van der Waals surface area contributed by atoms with E-state index in [9.17, 15) is 4.79 Å². The molecule has 2 aromatic heterocycles. The highest BCUT2D eigenvalue weighted by atomic mass is 32.1. The first-order valence-electron chi connectivity index (χ1n) is 7.42. The summed E-state index contributed by atoms with van der Waals surface area (Å²) in [5, 5.41) is 9.91. The molecule has 0 aliphatic heterocycles. The first-order valence-corrected chi connectivity index (χ1v) is 8.30. The third-order valence-corrected chi connectivity index (χ3v) is 4.48. The number of aromatic nitrogens is 3. The Labute approximate surface area is 144 Å². The largest absolute Gasteiger partial charge is 0.497 e. The van der Waals surface area contributed by atoms with E-state index in [1.165, 1.54) is 0 Å². The van der Waals surface area contributed by atoms with Gasteiger partial charge < -0.3 is 9.64 Å². The molecule has 124 valence electrons. The first kappa shape index (κ1) is 16.2. The number of amides is 1. The minimum Gasteiger partial charge on any atom is -0.497 e. The third-order valence-electron chi connectivity index (χ3n) is 3.66. The Bertz CT molecular complexity index is 838. The van der Waals surface area contributed by atoms with Crippen molar-refractivity contribution in [2.45, 2.75) is 13.5 Å². The lowest BCUT2D eigenvalue weighted by molar-refractivity contribution is 0.0784. The molecule has 0 radical (unpaired) electrons. The fourth-order valence-electron chi connectivity index (χ4n) is 2.43. The Balaban J connectivity index is 1.81. The smallest absolute Gasteiger partial charge is 0.257 e. The lowest BCUT2D eigenvalue weighted by Gasteiger charge is -2.16. The van der Waals surface area contributed by atoms with Crippen LogP contribution in [0.25, 0.3) is 11.3 Å². The molecule has 0 saturated carbocycles. The SMILES string of the molecule is COc1ccc(-c2[nH]ncc2C(=O)N(C)Cc2csc(C)n2)cc1. The number of carbonyl (C=O) groups excluding carboxylic acids is 1. The Kier molecular flexibility index (Phi) is 4.61. The van der Waals surface area contributed by atoms with Gasteiger partial charge in [-0.25, -0.2) is 4.98 Å². The third kappa shape index (κ3) is 3.30. The monoisotopic (exact) mass is 342 g/mol. The molecule has 0 spiro atoms. The van der Waals surface area contributed by atoms with E-state index in [1.54, 1.807) is 36.6 Å². The molecule has 1 amide bonds. The van der Waals surface area contributed by atoms with Crippen molar-refractivity contribution < 1.29 is 9.53 Å². The highest BCUT2D eigenvalue weighted by Crippen LogP contribution is 2.24. The number of rotatable bonds is 5. The van der Waals surface area contributed by atoms with Gasteiger partial charge in [-0.2, -0.15) is 5.10 Å². The summed E-state index contributed by atoms with van der Waals surface area (Å²) in [5.41, 5.74) is 3.01. The van der Waals surface area contributed by atoms with Crippen LogP contribution in [-0.2, 0) is 6.54 Å². The van der Waals surface area contributed by atoms with Crippen LogP contribution in [0.15, 0.2) is 35.8 Å². The van der Waals surface area contributed by atoms with Crippen molar-refractivity contribution in [1.29, 1.82) is 0 Å². The summed E-state index contributed by atoms with van der Waals surface area (Å²) in [6, 6.07) is 7.50. The summed E-state index contributed by atoms with van der Waals surface area (Å²) in [4.78, 5) is 18.8. The number of hydrogen-bond acceptors (Lipinski definition) is 5. The van der Waals surface area contributed by atoms with Crippen LogP contribution in [0.4, 0.5) is 0 Å². The van der Waals surface area contributed by atoms with E-state index in [0.29, 0.717) is 17.8 Å². The average Bonchev–Trinajstić information content (AvgIpc) is 3.23. The summed E-state index contributed by atoms with van der Waals surface area (Å²) in [6.45, 7) is 2.42. The molecule has 0 aliphatic rings. The Morgan fingerprint density at radius 1 is 1.33 bits per heavy atom. The normalized spacial score (nSPS) is 10.6. The number of nitrogens with one attached hydrogen (secondary N) is 1. The van der Waals surface area contributed by atoms with Crippen LogP contribution in [0.5, 0.6) is 5.75 Å². The van der Waals surface area contributed by atoms with Crippen molar-refractivity contribution in [2.24, 2.45) is 0 Å². The quantitative estimate of drug-likeness (QED) is 0.773. The van der Waals surface area contributed by atoms with E-state index < -0.39 is 0 Å². The van der Waals surface area contributed by atoms with Gasteiger partial charge in [-0.3, -0.25) is 9.89 Å². The predicted octanol–water partition coefficient (Wildman–Crippen LogP) is 3.12. The number of hydrogen-bond donors (Lipinski definition) is 1. The molecule has 2 heterocycles. The summed E-state index contributed by atoms with van der Waals surface area (Å²) in [7, 11) is 3.39. The number of methoxy groups -OCH3 is 1. The molecule has 0 unspecified atom stereocenters. The van der Waals surface area contributed by atoms with Crippen molar-refractivity contribution in [3.63, 3.8) is 0 Å². The van der Waals surface area contributed by atoms with E-state index in [-0.39, 0.29) is 5.91 Å². The van der Waals surface area contributed by atoms with E-state index in [1.807, 2.05) is 36.6 Å². The maximum absolute atomic E-state index is 12.8. The first-order chi connectivity index (χ1) is 11.6. The van der Waals surface area contributed by atoms with Gasteiger partial charge >= 0.3 is 0 Å². The van der Waals surface area contributed by atoms with Gasteiger partial charge in [0.25, 0.3) is 5.91 Å². The van der Waals surface area contributed by atoms with Crippen LogP contribution >= 0.6 is 11.3 Å². The number of ether oxygens (including phenoxy) is 1. The lowest BCUT2D eigenvalue weighted by atomic mass is 10.1. The number of H-pyrrole nitrogens is 1. The molecular weight excluding hydrogens is 324 g/mol. The van der Waals surface area contributed by atoms with Crippen molar-refractivity contribution >= 4 is 17.2 Å². The zero-order chi connectivity index (χ0) is 17.1. The fraction of sp³-hybridized carbons (Fsp3) is 0.235. The Morgan fingerprint density at radius 3 is 2.71 bits per heavy atom. The molecule has 3 aromatic rings. The van der Waals surface area contributed by atoms with Crippen LogP contribution in [0.2, 0.25) is 0 Å². The molecule has 0 bridgehead atoms. The fourth-order valence-corrected chi connectivity index (χ4v) is 3.03. The van der Waals surface area contributed by atoms with Gasteiger partial charge in [-0.15, -0.1) is 11.3 Å². The standard InChI is InChI=1S/C17H18N4O2S/c1-11-19-13(10-24-11)9-21(2)17(22)15-8-18-20-16(15)12-4-6-14(23-3)7-5-12/h4-8,10H,9H2,1-3H3,(H,18,20). The highest BCUT2D eigenvalue weighted by Gasteiger charge is 2.19. The van der Waals surface area contributed by atoms with Gasteiger partial charge in [0.1, 0.15) is 5.75 Å². The number of aryl methyl sites for hydroxylation is 1. The van der Waals surface area contributed by atoms with Crippen LogP contribution in [0.3, 0.4) is 0 Å². The van der Waals surface area contributed by atoms with Gasteiger partial charge in [0.05, 0.1) is 41.8 Å². The van der Waals surface area contributed by atoms with Gasteiger partial charge in [-0.05, 0) is 31.2 Å². The minimum absolute atomic E-state index is 0.0970. The van der Waals surface area contributed by atoms with Gasteiger partial charge in [0, 0.05) is 18.0 Å². The molecule has 3 rings (SSSR count). The molecule has 6 nitrogen and oxygen atoms in total. The van der Waals surface area contributed by atoms with E-state index in [4.69, 9.17) is 4.74 Å². The maximum atomic E-state index is 12.8. The average molecular weight is 342 g/mol. The minimum atomic E-state index is -0.0970. The summed E-state index contributed by atoms with van der Waals surface area (Å²) < 4.78 is 5.16. The van der Waals surface area contributed by atoms with Gasteiger partial charge in [-0.1, -0.05) is 0 Å². The van der Waals surface area contributed by atoms with Crippen molar-refractivity contribution in [1.82, 2.24) is 20.1 Å². The molecular formula is C17H18N4O2S. The second-order valence-corrected chi connectivity index (χ2v) is 6.47. The second kappa shape index (κ2) is 6.84. The van der Waals surface area contributed by atoms with Crippen molar-refractivity contribution in [2.75, 3.05) is 14.2 Å². The van der Waals surface area contributed by atoms with E-state index in [2.05, 4.69) is 15.2 Å².